The monoisotopic (exact) mass is 420 g/mol. The first-order chi connectivity index (χ1) is 15.1. The number of hydrogen-bond acceptors (Lipinski definition) is 5. The zero-order chi connectivity index (χ0) is 21.6. The first-order valence-electron chi connectivity index (χ1n) is 12.0. The highest BCUT2D eigenvalue weighted by Crippen LogP contribution is 2.31. The second-order valence-corrected chi connectivity index (χ2v) is 9.35. The van der Waals surface area contributed by atoms with Gasteiger partial charge >= 0.3 is 0 Å². The summed E-state index contributed by atoms with van der Waals surface area (Å²) in [6.45, 7) is 9.72. The van der Waals surface area contributed by atoms with Crippen LogP contribution < -0.4 is 4.90 Å². The Balaban J connectivity index is 1.41. The minimum Gasteiger partial charge on any atom is -0.356 e. The van der Waals surface area contributed by atoms with Gasteiger partial charge in [0.05, 0.1) is 0 Å². The van der Waals surface area contributed by atoms with Gasteiger partial charge in [0.2, 0.25) is 0 Å². The predicted octanol–water partition coefficient (Wildman–Crippen LogP) is 4.82. The first-order valence-corrected chi connectivity index (χ1v) is 12.0. The van der Waals surface area contributed by atoms with Gasteiger partial charge in [0.1, 0.15) is 17.8 Å². The second-order valence-electron chi connectivity index (χ2n) is 9.35. The zero-order valence-corrected chi connectivity index (χ0v) is 19.1. The van der Waals surface area contributed by atoms with Crippen LogP contribution in [0.3, 0.4) is 0 Å². The molecule has 1 aliphatic carbocycles. The Labute approximate surface area is 186 Å². The normalized spacial score (nSPS) is 17.0. The average Bonchev–Trinajstić information content (AvgIpc) is 3.60. The van der Waals surface area contributed by atoms with Crippen molar-refractivity contribution in [2.24, 2.45) is 5.92 Å². The van der Waals surface area contributed by atoms with E-state index in [1.165, 1.54) is 56.3 Å². The number of carbonyl (C=O) groups excluding carboxylic acids is 1. The Morgan fingerprint density at radius 1 is 1.13 bits per heavy atom. The minimum atomic E-state index is 0.0680. The van der Waals surface area contributed by atoms with Crippen LogP contribution in [0.1, 0.15) is 72.6 Å². The molecule has 0 amide bonds. The van der Waals surface area contributed by atoms with Gasteiger partial charge in [-0.15, -0.1) is 0 Å². The lowest BCUT2D eigenvalue weighted by atomic mass is 9.99. The van der Waals surface area contributed by atoms with Gasteiger partial charge in [0.25, 0.3) is 0 Å². The molecule has 5 heteroatoms. The maximum absolute atomic E-state index is 13.0. The maximum Gasteiger partial charge on any atom is 0.185 e. The molecule has 2 heterocycles. The van der Waals surface area contributed by atoms with Crippen molar-refractivity contribution < 1.29 is 4.79 Å². The van der Waals surface area contributed by atoms with E-state index in [9.17, 15) is 4.79 Å². The second kappa shape index (κ2) is 10.4. The van der Waals surface area contributed by atoms with E-state index in [-0.39, 0.29) is 5.78 Å². The summed E-state index contributed by atoms with van der Waals surface area (Å²) < 4.78 is 0. The summed E-state index contributed by atoms with van der Waals surface area (Å²) in [4.78, 5) is 26.6. The number of hydrogen-bond donors (Lipinski definition) is 0. The number of aromatic nitrogens is 2. The smallest absolute Gasteiger partial charge is 0.185 e. The van der Waals surface area contributed by atoms with Crippen LogP contribution in [0.15, 0.2) is 30.6 Å². The van der Waals surface area contributed by atoms with Crippen LogP contribution in [-0.4, -0.2) is 46.8 Å². The SMILES string of the molecule is CCCN(CC1CC1)c1cc(C(=O)Cc2ccc(CN3CCCCC3)cc2C)ncn1. The Morgan fingerprint density at radius 2 is 1.94 bits per heavy atom. The highest BCUT2D eigenvalue weighted by molar-refractivity contribution is 5.96. The van der Waals surface area contributed by atoms with Crippen molar-refractivity contribution in [2.45, 2.75) is 65.3 Å². The van der Waals surface area contributed by atoms with Crippen molar-refractivity contribution in [2.75, 3.05) is 31.1 Å². The fraction of sp³-hybridized carbons (Fsp3) is 0.577. The van der Waals surface area contributed by atoms with Crippen LogP contribution in [0, 0.1) is 12.8 Å². The number of piperidine rings is 1. The number of benzene rings is 1. The lowest BCUT2D eigenvalue weighted by molar-refractivity contribution is 0.0988. The third-order valence-electron chi connectivity index (χ3n) is 6.54. The molecule has 0 spiro atoms. The van der Waals surface area contributed by atoms with E-state index in [2.05, 4.69) is 51.8 Å². The lowest BCUT2D eigenvalue weighted by Crippen LogP contribution is -2.29. The number of Topliss-reactive ketones (excluding diaryl/α,β-unsaturated/α-hetero) is 1. The zero-order valence-electron chi connectivity index (χ0n) is 19.1. The molecule has 0 unspecified atom stereocenters. The largest absolute Gasteiger partial charge is 0.356 e. The van der Waals surface area contributed by atoms with Gasteiger partial charge in [0.15, 0.2) is 5.78 Å². The van der Waals surface area contributed by atoms with Crippen molar-refractivity contribution in [3.63, 3.8) is 0 Å². The topological polar surface area (TPSA) is 49.3 Å². The van der Waals surface area contributed by atoms with E-state index in [1.807, 2.05) is 6.07 Å². The summed E-state index contributed by atoms with van der Waals surface area (Å²) >= 11 is 0. The molecule has 1 saturated heterocycles. The summed E-state index contributed by atoms with van der Waals surface area (Å²) in [6.07, 6.45) is 9.61. The van der Waals surface area contributed by atoms with Crippen LogP contribution in [0.5, 0.6) is 0 Å². The van der Waals surface area contributed by atoms with Gasteiger partial charge in [0, 0.05) is 32.1 Å². The molecule has 0 radical (unpaired) electrons. The molecule has 1 aromatic heterocycles. The minimum absolute atomic E-state index is 0.0680. The van der Waals surface area contributed by atoms with Gasteiger partial charge in [-0.25, -0.2) is 9.97 Å². The summed E-state index contributed by atoms with van der Waals surface area (Å²) in [5, 5.41) is 0. The van der Waals surface area contributed by atoms with Crippen molar-refractivity contribution in [1.29, 1.82) is 0 Å². The summed E-state index contributed by atoms with van der Waals surface area (Å²) in [5.41, 5.74) is 4.16. The Morgan fingerprint density at radius 3 is 2.65 bits per heavy atom. The van der Waals surface area contributed by atoms with E-state index in [4.69, 9.17) is 0 Å². The molecular formula is C26H36N4O. The number of anilines is 1. The van der Waals surface area contributed by atoms with Crippen LogP contribution in [-0.2, 0) is 13.0 Å². The molecular weight excluding hydrogens is 384 g/mol. The third-order valence-corrected chi connectivity index (χ3v) is 6.54. The molecule has 1 saturated carbocycles. The Hall–Kier alpha value is -2.27. The predicted molar refractivity (Wildman–Crippen MR) is 126 cm³/mol. The maximum atomic E-state index is 13.0. The van der Waals surface area contributed by atoms with Crippen LogP contribution >= 0.6 is 0 Å². The fourth-order valence-corrected chi connectivity index (χ4v) is 4.55. The van der Waals surface area contributed by atoms with Gasteiger partial charge in [-0.1, -0.05) is 31.5 Å². The van der Waals surface area contributed by atoms with Gasteiger partial charge in [-0.05, 0) is 74.7 Å². The highest BCUT2D eigenvalue weighted by Gasteiger charge is 2.25. The van der Waals surface area contributed by atoms with Crippen molar-refractivity contribution in [3.8, 4) is 0 Å². The van der Waals surface area contributed by atoms with Gasteiger partial charge < -0.3 is 4.90 Å². The van der Waals surface area contributed by atoms with Crippen LogP contribution in [0.4, 0.5) is 5.82 Å². The van der Waals surface area contributed by atoms with E-state index < -0.39 is 0 Å². The fourth-order valence-electron chi connectivity index (χ4n) is 4.55. The molecule has 166 valence electrons. The summed E-state index contributed by atoms with van der Waals surface area (Å²) in [7, 11) is 0. The van der Waals surface area contributed by atoms with Crippen molar-refractivity contribution in [1.82, 2.24) is 14.9 Å². The van der Waals surface area contributed by atoms with Crippen molar-refractivity contribution >= 4 is 11.6 Å². The molecule has 4 rings (SSSR count). The number of carbonyl (C=O) groups is 1. The molecule has 0 atom stereocenters. The molecule has 1 aromatic carbocycles. The van der Waals surface area contributed by atoms with E-state index >= 15 is 0 Å². The average molecular weight is 421 g/mol. The Kier molecular flexibility index (Phi) is 7.33. The molecule has 1 aliphatic heterocycles. The third kappa shape index (κ3) is 6.13. The number of ketones is 1. The molecule has 2 fully saturated rings. The van der Waals surface area contributed by atoms with Crippen LogP contribution in [0.2, 0.25) is 0 Å². The highest BCUT2D eigenvalue weighted by atomic mass is 16.1. The van der Waals surface area contributed by atoms with E-state index in [1.54, 1.807) is 6.33 Å². The quantitative estimate of drug-likeness (QED) is 0.516. The van der Waals surface area contributed by atoms with E-state index in [0.717, 1.165) is 43.4 Å². The number of rotatable bonds is 10. The molecule has 31 heavy (non-hydrogen) atoms. The lowest BCUT2D eigenvalue weighted by Gasteiger charge is -2.26. The summed E-state index contributed by atoms with van der Waals surface area (Å²) in [6, 6.07) is 8.46. The summed E-state index contributed by atoms with van der Waals surface area (Å²) in [5.74, 6) is 1.74. The molecule has 5 nitrogen and oxygen atoms in total. The standard InChI is InChI=1S/C26H36N4O/c1-3-11-30(18-21-7-8-21)26-16-24(27-19-28-26)25(31)15-23-10-9-22(14-20(23)2)17-29-12-5-4-6-13-29/h9-10,14,16,19,21H,3-8,11-13,15,17-18H2,1-2H3. The number of aryl methyl sites for hydroxylation is 1. The number of likely N-dealkylation sites (tertiary alicyclic amines) is 1. The Bertz CT molecular complexity index is 887. The van der Waals surface area contributed by atoms with Crippen molar-refractivity contribution in [3.05, 3.63) is 53.0 Å². The molecule has 2 aliphatic rings. The molecule has 0 N–H and O–H groups in total. The first kappa shape index (κ1) is 21.9. The van der Waals surface area contributed by atoms with Crippen LogP contribution in [0.25, 0.3) is 0 Å². The molecule has 2 aromatic rings. The van der Waals surface area contributed by atoms with Gasteiger partial charge in [-0.3, -0.25) is 9.69 Å². The number of nitrogens with zero attached hydrogens (tertiary/aromatic N) is 4. The van der Waals surface area contributed by atoms with E-state index in [0.29, 0.717) is 12.1 Å². The molecule has 0 bridgehead atoms. The van der Waals surface area contributed by atoms with Gasteiger partial charge in [-0.2, -0.15) is 0 Å².